The van der Waals surface area contributed by atoms with Crippen LogP contribution >= 0.6 is 0 Å². The molecule has 30 heavy (non-hydrogen) atoms. The molecular weight excluding hydrogens is 376 g/mol. The van der Waals surface area contributed by atoms with Crippen LogP contribution in [0.2, 0.25) is 0 Å². The number of benzene rings is 2. The molecule has 0 aliphatic carbocycles. The molecule has 1 aliphatic rings. The van der Waals surface area contributed by atoms with Crippen LogP contribution in [0.5, 0.6) is 0 Å². The second-order valence-corrected chi connectivity index (χ2v) is 7.92. The molecule has 5 heteroatoms. The molecule has 1 N–H and O–H groups in total. The molecule has 1 heterocycles. The number of rotatable bonds is 8. The van der Waals surface area contributed by atoms with Crippen molar-refractivity contribution in [2.75, 3.05) is 5.32 Å². The molecule has 0 saturated heterocycles. The monoisotopic (exact) mass is 404 g/mol. The van der Waals surface area contributed by atoms with Crippen molar-refractivity contribution in [2.45, 2.75) is 52.6 Å². The summed E-state index contributed by atoms with van der Waals surface area (Å²) in [5.41, 5.74) is 4.64. The van der Waals surface area contributed by atoms with Gasteiger partial charge in [0.25, 0.3) is 11.8 Å². The summed E-state index contributed by atoms with van der Waals surface area (Å²) in [7, 11) is 0. The van der Waals surface area contributed by atoms with Crippen molar-refractivity contribution in [3.05, 3.63) is 76.9 Å². The number of fused-ring (bicyclic) bond motifs is 1. The fourth-order valence-electron chi connectivity index (χ4n) is 3.81. The van der Waals surface area contributed by atoms with E-state index in [-0.39, 0.29) is 23.6 Å². The normalized spacial score (nSPS) is 13.7. The molecule has 1 atom stereocenters. The first kappa shape index (κ1) is 21.5. The van der Waals surface area contributed by atoms with Crippen LogP contribution < -0.4 is 5.32 Å². The maximum atomic E-state index is 13.0. The molecule has 0 spiro atoms. The van der Waals surface area contributed by atoms with Crippen molar-refractivity contribution in [2.24, 2.45) is 0 Å². The molecule has 0 saturated carbocycles. The number of hydrogen-bond acceptors (Lipinski definition) is 3. The van der Waals surface area contributed by atoms with Crippen LogP contribution in [0.1, 0.15) is 65.0 Å². The van der Waals surface area contributed by atoms with Crippen molar-refractivity contribution in [1.82, 2.24) is 4.90 Å². The van der Waals surface area contributed by atoms with E-state index in [9.17, 15) is 14.4 Å². The van der Waals surface area contributed by atoms with E-state index in [2.05, 4.69) is 11.9 Å². The Kier molecular flexibility index (Phi) is 6.50. The molecule has 0 fully saturated rings. The van der Waals surface area contributed by atoms with Crippen molar-refractivity contribution in [3.63, 3.8) is 0 Å². The minimum absolute atomic E-state index is 0.0569. The van der Waals surface area contributed by atoms with Crippen molar-refractivity contribution < 1.29 is 14.4 Å². The standard InChI is InChI=1S/C25H28N2O3/c1-5-21(28)10-12-23(16(2)3)27-15-19-14-20(9-11-22(19)25(27)30)26-24(29)18-8-6-7-17(4)13-18/h6-9,11,13-14,23H,2,5,10,12,15H2,1,3-4H3,(H,26,29). The Balaban J connectivity index is 1.75. The van der Waals surface area contributed by atoms with Crippen LogP contribution in [-0.4, -0.2) is 28.5 Å². The summed E-state index contributed by atoms with van der Waals surface area (Å²) >= 11 is 0. The van der Waals surface area contributed by atoms with Gasteiger partial charge in [0.1, 0.15) is 5.78 Å². The zero-order valence-electron chi connectivity index (χ0n) is 17.8. The molecule has 3 rings (SSSR count). The first-order chi connectivity index (χ1) is 14.3. The first-order valence-electron chi connectivity index (χ1n) is 10.3. The van der Waals surface area contributed by atoms with Gasteiger partial charge in [0, 0.05) is 36.2 Å². The van der Waals surface area contributed by atoms with E-state index >= 15 is 0 Å². The summed E-state index contributed by atoms with van der Waals surface area (Å²) in [6.45, 7) is 10.2. The number of amides is 2. The summed E-state index contributed by atoms with van der Waals surface area (Å²) in [6.07, 6.45) is 1.52. The van der Waals surface area contributed by atoms with E-state index in [1.165, 1.54) is 0 Å². The van der Waals surface area contributed by atoms with E-state index in [0.29, 0.717) is 42.6 Å². The Hall–Kier alpha value is -3.21. The highest BCUT2D eigenvalue weighted by Crippen LogP contribution is 2.30. The molecule has 2 aromatic carbocycles. The van der Waals surface area contributed by atoms with Crippen molar-refractivity contribution >= 4 is 23.3 Å². The number of nitrogens with one attached hydrogen (secondary N) is 1. The lowest BCUT2D eigenvalue weighted by Crippen LogP contribution is -2.36. The Morgan fingerprint density at radius 1 is 1.20 bits per heavy atom. The summed E-state index contributed by atoms with van der Waals surface area (Å²) < 4.78 is 0. The number of aryl methyl sites for hydroxylation is 1. The predicted molar refractivity (Wildman–Crippen MR) is 119 cm³/mol. The highest BCUT2D eigenvalue weighted by molar-refractivity contribution is 6.05. The van der Waals surface area contributed by atoms with Crippen LogP contribution in [-0.2, 0) is 11.3 Å². The van der Waals surface area contributed by atoms with E-state index in [4.69, 9.17) is 0 Å². The van der Waals surface area contributed by atoms with Gasteiger partial charge in [0.15, 0.2) is 0 Å². The van der Waals surface area contributed by atoms with Crippen molar-refractivity contribution in [3.8, 4) is 0 Å². The second kappa shape index (κ2) is 9.08. The lowest BCUT2D eigenvalue weighted by atomic mass is 10.0. The number of anilines is 1. The van der Waals surface area contributed by atoms with Gasteiger partial charge in [-0.25, -0.2) is 0 Å². The third-order valence-electron chi connectivity index (χ3n) is 5.51. The molecule has 5 nitrogen and oxygen atoms in total. The van der Waals surface area contributed by atoms with E-state index in [1.54, 1.807) is 23.1 Å². The van der Waals surface area contributed by atoms with E-state index in [1.807, 2.05) is 45.0 Å². The van der Waals surface area contributed by atoms with Gasteiger partial charge in [-0.2, -0.15) is 0 Å². The quantitative estimate of drug-likeness (QED) is 0.636. The average Bonchev–Trinajstić information content (AvgIpc) is 3.03. The topological polar surface area (TPSA) is 66.5 Å². The van der Waals surface area contributed by atoms with Gasteiger partial charge in [-0.15, -0.1) is 0 Å². The molecule has 1 aliphatic heterocycles. The van der Waals surface area contributed by atoms with Gasteiger partial charge in [-0.3, -0.25) is 14.4 Å². The molecule has 0 radical (unpaired) electrons. The average molecular weight is 405 g/mol. The van der Waals surface area contributed by atoms with Crippen molar-refractivity contribution in [1.29, 1.82) is 0 Å². The number of hydrogen-bond donors (Lipinski definition) is 1. The lowest BCUT2D eigenvalue weighted by molar-refractivity contribution is -0.119. The number of carbonyl (C=O) groups is 3. The molecule has 2 aromatic rings. The molecule has 0 bridgehead atoms. The van der Waals surface area contributed by atoms with Gasteiger partial charge < -0.3 is 10.2 Å². The van der Waals surface area contributed by atoms with Crippen LogP contribution in [0.3, 0.4) is 0 Å². The third kappa shape index (κ3) is 4.67. The Morgan fingerprint density at radius 3 is 2.63 bits per heavy atom. The molecule has 1 unspecified atom stereocenters. The first-order valence-corrected chi connectivity index (χ1v) is 10.3. The zero-order valence-corrected chi connectivity index (χ0v) is 17.8. The van der Waals surface area contributed by atoms with Gasteiger partial charge in [-0.05, 0) is 56.2 Å². The SMILES string of the molecule is C=C(C)C(CCC(=O)CC)N1Cc2cc(NC(=O)c3cccc(C)c3)ccc2C1=O. The van der Waals surface area contributed by atoms with Crippen LogP contribution in [0.4, 0.5) is 5.69 Å². The van der Waals surface area contributed by atoms with Gasteiger partial charge in [0.2, 0.25) is 0 Å². The Morgan fingerprint density at radius 2 is 1.97 bits per heavy atom. The summed E-state index contributed by atoms with van der Waals surface area (Å²) in [4.78, 5) is 39.0. The lowest BCUT2D eigenvalue weighted by Gasteiger charge is -2.28. The summed E-state index contributed by atoms with van der Waals surface area (Å²) in [5.74, 6) is -0.0530. The maximum absolute atomic E-state index is 13.0. The zero-order chi connectivity index (χ0) is 21.8. The molecule has 156 valence electrons. The number of carbonyl (C=O) groups excluding carboxylic acids is 3. The Bertz CT molecular complexity index is 1010. The fourth-order valence-corrected chi connectivity index (χ4v) is 3.81. The van der Waals surface area contributed by atoms with E-state index < -0.39 is 0 Å². The summed E-state index contributed by atoms with van der Waals surface area (Å²) in [6, 6.07) is 12.6. The van der Waals surface area contributed by atoms with Gasteiger partial charge in [0.05, 0.1) is 6.04 Å². The molecular formula is C25H28N2O3. The van der Waals surface area contributed by atoms with Crippen LogP contribution in [0.15, 0.2) is 54.6 Å². The Labute approximate surface area is 177 Å². The van der Waals surface area contributed by atoms with Crippen LogP contribution in [0.25, 0.3) is 0 Å². The number of Topliss-reactive ketones (excluding diaryl/α,β-unsaturated/α-hetero) is 1. The highest BCUT2D eigenvalue weighted by Gasteiger charge is 2.33. The third-order valence-corrected chi connectivity index (χ3v) is 5.51. The molecule has 0 aromatic heterocycles. The number of nitrogens with zero attached hydrogens (tertiary/aromatic N) is 1. The van der Waals surface area contributed by atoms with Gasteiger partial charge >= 0.3 is 0 Å². The van der Waals surface area contributed by atoms with E-state index in [0.717, 1.165) is 16.7 Å². The highest BCUT2D eigenvalue weighted by atomic mass is 16.2. The minimum Gasteiger partial charge on any atom is -0.328 e. The van der Waals surface area contributed by atoms with Gasteiger partial charge in [-0.1, -0.05) is 36.8 Å². The minimum atomic E-state index is -0.183. The fraction of sp³-hybridized carbons (Fsp3) is 0.320. The summed E-state index contributed by atoms with van der Waals surface area (Å²) in [5, 5.41) is 2.91. The smallest absolute Gasteiger partial charge is 0.255 e. The number of ketones is 1. The maximum Gasteiger partial charge on any atom is 0.255 e. The largest absolute Gasteiger partial charge is 0.328 e. The predicted octanol–water partition coefficient (Wildman–Crippen LogP) is 4.91. The second-order valence-electron chi connectivity index (χ2n) is 7.92. The molecule has 2 amide bonds. The van der Waals surface area contributed by atoms with Crippen LogP contribution in [0, 0.1) is 6.92 Å².